The van der Waals surface area contributed by atoms with E-state index in [0.717, 1.165) is 41.3 Å². The van der Waals surface area contributed by atoms with Gasteiger partial charge in [-0.1, -0.05) is 29.4 Å². The number of nitrogens with zero attached hydrogens (tertiary/aromatic N) is 1. The van der Waals surface area contributed by atoms with Crippen LogP contribution >= 0.6 is 23.4 Å². The Bertz CT molecular complexity index is 923. The summed E-state index contributed by atoms with van der Waals surface area (Å²) in [6.45, 7) is 4.16. The number of rotatable bonds is 5. The molecule has 0 saturated heterocycles. The second-order valence-electron chi connectivity index (χ2n) is 7.54. The molecule has 1 N–H and O–H groups in total. The monoisotopic (exact) mass is 402 g/mol. The topological polar surface area (TPSA) is 54.6 Å². The lowest BCUT2D eigenvalue weighted by Gasteiger charge is -2.63. The van der Waals surface area contributed by atoms with Crippen LogP contribution in [0.15, 0.2) is 44.8 Å². The van der Waals surface area contributed by atoms with E-state index in [1.807, 2.05) is 37.4 Å². The fraction of sp³-hybridized carbons (Fsp3) is 0.429. The van der Waals surface area contributed by atoms with Gasteiger partial charge < -0.3 is 9.73 Å². The van der Waals surface area contributed by atoms with Crippen molar-refractivity contribution in [1.82, 2.24) is 5.32 Å². The summed E-state index contributed by atoms with van der Waals surface area (Å²) in [5.74, 6) is 0.719. The Kier molecular flexibility index (Phi) is 4.85. The molecule has 2 fully saturated rings. The first-order chi connectivity index (χ1) is 12.9. The molecule has 0 bridgehead atoms. The van der Waals surface area contributed by atoms with Gasteiger partial charge in [-0.25, -0.2) is 0 Å². The molecule has 1 aromatic carbocycles. The average molecular weight is 403 g/mol. The molecule has 2 aromatic rings. The van der Waals surface area contributed by atoms with E-state index in [2.05, 4.69) is 12.2 Å². The molecule has 6 heteroatoms. The molecular weight excluding hydrogens is 380 g/mol. The van der Waals surface area contributed by atoms with Gasteiger partial charge in [0.15, 0.2) is 10.9 Å². The minimum Gasteiger partial charge on any atom is -0.445 e. The van der Waals surface area contributed by atoms with Gasteiger partial charge in [-0.3, -0.25) is 9.79 Å². The van der Waals surface area contributed by atoms with Gasteiger partial charge in [-0.2, -0.15) is 0 Å². The number of fused-ring (bicyclic) bond motifs is 1. The molecule has 4 nitrogen and oxygen atoms in total. The number of amides is 1. The lowest BCUT2D eigenvalue weighted by Crippen LogP contribution is -2.67. The van der Waals surface area contributed by atoms with Crippen LogP contribution in [0.25, 0.3) is 0 Å². The van der Waals surface area contributed by atoms with Crippen LogP contribution in [0.5, 0.6) is 0 Å². The van der Waals surface area contributed by atoms with Crippen molar-refractivity contribution in [3.05, 3.63) is 46.7 Å². The first kappa shape index (κ1) is 18.6. The van der Waals surface area contributed by atoms with Gasteiger partial charge in [-0.15, -0.1) is 0 Å². The Hall–Kier alpha value is -1.72. The quantitative estimate of drug-likeness (QED) is 0.519. The van der Waals surface area contributed by atoms with Crippen LogP contribution < -0.4 is 5.32 Å². The summed E-state index contributed by atoms with van der Waals surface area (Å²) in [4.78, 5) is 17.3. The molecule has 2 aliphatic rings. The van der Waals surface area contributed by atoms with Crippen LogP contribution in [0, 0.1) is 18.3 Å². The zero-order valence-electron chi connectivity index (χ0n) is 15.7. The van der Waals surface area contributed by atoms with Gasteiger partial charge >= 0.3 is 0 Å². The summed E-state index contributed by atoms with van der Waals surface area (Å²) in [7, 11) is 0. The third kappa shape index (κ3) is 3.21. The number of carbonyl (C=O) groups excluding carboxylic acids is 1. The smallest absolute Gasteiger partial charge is 0.287 e. The Morgan fingerprint density at radius 1 is 1.37 bits per heavy atom. The largest absolute Gasteiger partial charge is 0.445 e. The van der Waals surface area contributed by atoms with E-state index in [1.54, 1.807) is 6.07 Å². The van der Waals surface area contributed by atoms with Gasteiger partial charge in [-0.05, 0) is 75.1 Å². The summed E-state index contributed by atoms with van der Waals surface area (Å²) in [5, 5.41) is 4.61. The zero-order chi connectivity index (χ0) is 19.2. The van der Waals surface area contributed by atoms with Crippen LogP contribution in [-0.2, 0) is 0 Å². The summed E-state index contributed by atoms with van der Waals surface area (Å²) >= 11 is 7.62. The number of nitrogens with one attached hydrogen (secondary N) is 1. The van der Waals surface area contributed by atoms with Crippen molar-refractivity contribution in [3.8, 4) is 0 Å². The zero-order valence-corrected chi connectivity index (χ0v) is 17.3. The van der Waals surface area contributed by atoms with E-state index < -0.39 is 0 Å². The van der Waals surface area contributed by atoms with E-state index in [0.29, 0.717) is 16.7 Å². The van der Waals surface area contributed by atoms with E-state index in [1.165, 1.54) is 11.8 Å². The predicted octanol–water partition coefficient (Wildman–Crippen LogP) is 5.65. The molecule has 3 unspecified atom stereocenters. The van der Waals surface area contributed by atoms with E-state index in [4.69, 9.17) is 21.0 Å². The van der Waals surface area contributed by atoms with Crippen molar-refractivity contribution < 1.29 is 9.21 Å². The van der Waals surface area contributed by atoms with Gasteiger partial charge in [0.2, 0.25) is 0 Å². The summed E-state index contributed by atoms with van der Waals surface area (Å²) < 4.78 is 5.53. The number of aliphatic imine (C=N–C) groups is 1. The maximum Gasteiger partial charge on any atom is 0.287 e. The number of furan rings is 1. The summed E-state index contributed by atoms with van der Waals surface area (Å²) in [5.41, 5.74) is 3.34. The van der Waals surface area contributed by atoms with Crippen molar-refractivity contribution in [2.45, 2.75) is 44.2 Å². The number of aryl methyl sites for hydroxylation is 1. The fourth-order valence-electron chi connectivity index (χ4n) is 4.41. The molecule has 3 atom stereocenters. The first-order valence-electron chi connectivity index (χ1n) is 9.19. The number of thioether (sulfide) groups is 1. The standard InChI is InChI=1S/C21H23ClN2O2S/c1-12-4-5-14(22)10-16(12)23-13(2)21-9-8-15(21)17(11-21)24-20(25)18-6-7-19(26-18)27-3/h4-7,10,15,17H,8-9,11H2,1-3H3,(H,24,25). The Balaban J connectivity index is 1.45. The van der Waals surface area contributed by atoms with Gasteiger partial charge in [0, 0.05) is 22.2 Å². The highest BCUT2D eigenvalue weighted by atomic mass is 35.5. The summed E-state index contributed by atoms with van der Waals surface area (Å²) in [6.07, 6.45) is 5.13. The Labute approximate surface area is 168 Å². The maximum atomic E-state index is 12.4. The highest BCUT2D eigenvalue weighted by Gasteiger charge is 2.61. The molecule has 27 heavy (non-hydrogen) atoms. The second kappa shape index (κ2) is 7.02. The van der Waals surface area contributed by atoms with Crippen molar-refractivity contribution in [2.24, 2.45) is 16.3 Å². The molecule has 0 aliphatic heterocycles. The first-order valence-corrected chi connectivity index (χ1v) is 10.8. The van der Waals surface area contributed by atoms with Crippen molar-refractivity contribution in [1.29, 1.82) is 0 Å². The van der Waals surface area contributed by atoms with Gasteiger partial charge in [0.05, 0.1) is 5.69 Å². The van der Waals surface area contributed by atoms with Gasteiger partial charge in [0.1, 0.15) is 0 Å². The fourth-order valence-corrected chi connectivity index (χ4v) is 4.95. The molecule has 1 amide bonds. The lowest BCUT2D eigenvalue weighted by molar-refractivity contribution is -0.0455. The molecule has 0 radical (unpaired) electrons. The normalized spacial score (nSPS) is 26.7. The third-order valence-corrected chi connectivity index (χ3v) is 7.04. The Morgan fingerprint density at radius 2 is 2.19 bits per heavy atom. The number of hydrogen-bond donors (Lipinski definition) is 1. The molecule has 2 aliphatic carbocycles. The molecule has 1 heterocycles. The minimum atomic E-state index is -0.124. The van der Waals surface area contributed by atoms with Crippen LogP contribution in [0.3, 0.4) is 0 Å². The van der Waals surface area contributed by atoms with Crippen LogP contribution in [0.1, 0.15) is 42.3 Å². The van der Waals surface area contributed by atoms with E-state index >= 15 is 0 Å². The molecule has 4 rings (SSSR count). The summed E-state index contributed by atoms with van der Waals surface area (Å²) in [6, 6.07) is 9.57. The van der Waals surface area contributed by atoms with Crippen LogP contribution in [0.2, 0.25) is 5.02 Å². The van der Waals surface area contributed by atoms with E-state index in [9.17, 15) is 4.79 Å². The number of carbonyl (C=O) groups is 1. The SMILES string of the molecule is CSc1ccc(C(=O)NC2CC3(C(C)=Nc4cc(Cl)ccc4C)CCC23)o1. The van der Waals surface area contributed by atoms with Crippen molar-refractivity contribution >= 4 is 40.7 Å². The minimum absolute atomic E-state index is 0.124. The number of hydrogen-bond acceptors (Lipinski definition) is 4. The van der Waals surface area contributed by atoms with Crippen molar-refractivity contribution in [2.75, 3.05) is 6.26 Å². The molecule has 0 spiro atoms. The van der Waals surface area contributed by atoms with Gasteiger partial charge in [0.25, 0.3) is 5.91 Å². The van der Waals surface area contributed by atoms with E-state index in [-0.39, 0.29) is 17.4 Å². The van der Waals surface area contributed by atoms with Crippen LogP contribution in [-0.4, -0.2) is 23.9 Å². The highest BCUT2D eigenvalue weighted by Crippen LogP contribution is 2.62. The number of halogens is 1. The van der Waals surface area contributed by atoms with Crippen LogP contribution in [0.4, 0.5) is 5.69 Å². The third-order valence-electron chi connectivity index (χ3n) is 6.18. The molecular formula is C21H23ClN2O2S. The second-order valence-corrected chi connectivity index (χ2v) is 8.78. The number of benzene rings is 1. The maximum absolute atomic E-state index is 12.4. The molecule has 1 aromatic heterocycles. The molecule has 142 valence electrons. The predicted molar refractivity (Wildman–Crippen MR) is 110 cm³/mol. The highest BCUT2D eigenvalue weighted by molar-refractivity contribution is 7.98. The van der Waals surface area contributed by atoms with Crippen molar-refractivity contribution in [3.63, 3.8) is 0 Å². The molecule has 2 saturated carbocycles. The Morgan fingerprint density at radius 3 is 2.81 bits per heavy atom. The lowest BCUT2D eigenvalue weighted by atomic mass is 9.43. The average Bonchev–Trinajstić information content (AvgIpc) is 3.11.